The van der Waals surface area contributed by atoms with E-state index < -0.39 is 0 Å². The van der Waals surface area contributed by atoms with E-state index in [2.05, 4.69) is 13.2 Å². The zero-order valence-corrected chi connectivity index (χ0v) is 7.63. The molecule has 1 heteroatoms. The Bertz CT molecular complexity index is 254. The van der Waals surface area contributed by atoms with Crippen molar-refractivity contribution in [2.24, 2.45) is 0 Å². The van der Waals surface area contributed by atoms with Crippen molar-refractivity contribution in [3.05, 3.63) is 48.1 Å². The number of carbonyl (C=O) groups excluding carboxylic acids is 1. The monoisotopic (exact) mass is 162 g/mol. The summed E-state index contributed by atoms with van der Waals surface area (Å²) in [5.74, 6) is 0. The first-order chi connectivity index (χ1) is 5.61. The van der Waals surface area contributed by atoms with Crippen LogP contribution in [0.1, 0.15) is 13.8 Å². The van der Waals surface area contributed by atoms with Gasteiger partial charge in [-0.15, -0.1) is 0 Å². The minimum atomic E-state index is 0.495. The number of aldehydes is 1. The van der Waals surface area contributed by atoms with E-state index in [0.29, 0.717) is 5.57 Å². The third-order valence-corrected chi connectivity index (χ3v) is 1.37. The zero-order valence-electron chi connectivity index (χ0n) is 7.63. The van der Waals surface area contributed by atoms with Gasteiger partial charge < -0.3 is 0 Å². The molecule has 0 aliphatic rings. The first-order valence-electron chi connectivity index (χ1n) is 3.76. The molecule has 0 aromatic rings. The van der Waals surface area contributed by atoms with Crippen LogP contribution in [0.25, 0.3) is 0 Å². The van der Waals surface area contributed by atoms with Gasteiger partial charge in [0, 0.05) is 5.57 Å². The van der Waals surface area contributed by atoms with Gasteiger partial charge in [-0.1, -0.05) is 37.0 Å². The largest absolute Gasteiger partial charge is 0.298 e. The molecule has 0 fully saturated rings. The van der Waals surface area contributed by atoms with Gasteiger partial charge in [0.15, 0.2) is 0 Å². The molecule has 0 amide bonds. The second kappa shape index (κ2) is 5.30. The summed E-state index contributed by atoms with van der Waals surface area (Å²) in [5.41, 5.74) is 2.29. The summed E-state index contributed by atoms with van der Waals surface area (Å²) >= 11 is 0. The number of carbonyl (C=O) groups is 1. The van der Waals surface area contributed by atoms with Crippen molar-refractivity contribution in [1.82, 2.24) is 0 Å². The summed E-state index contributed by atoms with van der Waals surface area (Å²) in [7, 11) is 0. The molecule has 12 heavy (non-hydrogen) atoms. The van der Waals surface area contributed by atoms with Crippen molar-refractivity contribution in [2.45, 2.75) is 13.8 Å². The van der Waals surface area contributed by atoms with Gasteiger partial charge >= 0.3 is 0 Å². The highest BCUT2D eigenvalue weighted by Crippen LogP contribution is 2.07. The molecule has 64 valence electrons. The van der Waals surface area contributed by atoms with Gasteiger partial charge in [-0.05, 0) is 19.4 Å². The lowest BCUT2D eigenvalue weighted by atomic mass is 10.1. The van der Waals surface area contributed by atoms with Crippen molar-refractivity contribution in [1.29, 1.82) is 0 Å². The van der Waals surface area contributed by atoms with Crippen molar-refractivity contribution in [2.75, 3.05) is 0 Å². The van der Waals surface area contributed by atoms with Crippen LogP contribution in [0.2, 0.25) is 0 Å². The molecule has 0 radical (unpaired) electrons. The lowest BCUT2D eigenvalue weighted by Gasteiger charge is -1.96. The Kier molecular flexibility index (Phi) is 4.70. The molecule has 0 rings (SSSR count). The molecule has 0 aromatic carbocycles. The molecule has 0 unspecified atom stereocenters. The highest BCUT2D eigenvalue weighted by Gasteiger charge is 1.94. The molecule has 0 heterocycles. The molecular weight excluding hydrogens is 148 g/mol. The van der Waals surface area contributed by atoms with E-state index in [1.54, 1.807) is 0 Å². The molecule has 0 bridgehead atoms. The minimum absolute atomic E-state index is 0.495. The minimum Gasteiger partial charge on any atom is -0.298 e. The summed E-state index contributed by atoms with van der Waals surface area (Å²) < 4.78 is 0. The van der Waals surface area contributed by atoms with E-state index in [4.69, 9.17) is 0 Å². The Balaban J connectivity index is 4.50. The number of hydrogen-bond donors (Lipinski definition) is 0. The fourth-order valence-corrected chi connectivity index (χ4v) is 0.689. The number of allylic oxidation sites excluding steroid dienone is 6. The van der Waals surface area contributed by atoms with E-state index in [1.165, 1.54) is 0 Å². The fourth-order valence-electron chi connectivity index (χ4n) is 0.689. The lowest BCUT2D eigenvalue weighted by Crippen LogP contribution is -1.84. The van der Waals surface area contributed by atoms with Crippen molar-refractivity contribution in [3.63, 3.8) is 0 Å². The zero-order chi connectivity index (χ0) is 9.56. The van der Waals surface area contributed by atoms with Crippen molar-refractivity contribution in [3.8, 4) is 0 Å². The average molecular weight is 162 g/mol. The van der Waals surface area contributed by atoms with Gasteiger partial charge in [-0.3, -0.25) is 4.79 Å². The van der Waals surface area contributed by atoms with Crippen LogP contribution in [0.3, 0.4) is 0 Å². The van der Waals surface area contributed by atoms with Crippen LogP contribution in [-0.2, 0) is 4.79 Å². The standard InChI is InChI=1S/C11H14O/c1-5-11(10(4)8-12)7-6-9(2)3/h5-8H,2,4H2,1,3H3. The summed E-state index contributed by atoms with van der Waals surface area (Å²) in [6.45, 7) is 11.1. The van der Waals surface area contributed by atoms with Crippen LogP contribution in [0.5, 0.6) is 0 Å². The molecule has 0 spiro atoms. The molecular formula is C11H14O. The summed E-state index contributed by atoms with van der Waals surface area (Å²) in [5, 5.41) is 0. The first kappa shape index (κ1) is 10.6. The molecule has 1 nitrogen and oxygen atoms in total. The van der Waals surface area contributed by atoms with E-state index in [0.717, 1.165) is 17.4 Å². The fraction of sp³-hybridized carbons (Fsp3) is 0.182. The third kappa shape index (κ3) is 3.71. The van der Waals surface area contributed by atoms with Gasteiger partial charge in [-0.25, -0.2) is 0 Å². The molecule has 0 atom stereocenters. The smallest absolute Gasteiger partial charge is 0.150 e. The van der Waals surface area contributed by atoms with E-state index in [1.807, 2.05) is 32.1 Å². The van der Waals surface area contributed by atoms with Crippen LogP contribution < -0.4 is 0 Å². The maximum atomic E-state index is 10.4. The van der Waals surface area contributed by atoms with E-state index in [-0.39, 0.29) is 0 Å². The second-order valence-electron chi connectivity index (χ2n) is 2.57. The third-order valence-electron chi connectivity index (χ3n) is 1.37. The summed E-state index contributed by atoms with van der Waals surface area (Å²) in [6, 6.07) is 0. The van der Waals surface area contributed by atoms with E-state index in [9.17, 15) is 4.79 Å². The Labute approximate surface area is 73.8 Å². The first-order valence-corrected chi connectivity index (χ1v) is 3.76. The Morgan fingerprint density at radius 3 is 2.17 bits per heavy atom. The molecule has 0 aromatic heterocycles. The van der Waals surface area contributed by atoms with Gasteiger partial charge in [0.2, 0.25) is 0 Å². The Morgan fingerprint density at radius 1 is 1.25 bits per heavy atom. The quantitative estimate of drug-likeness (QED) is 0.353. The van der Waals surface area contributed by atoms with Crippen LogP contribution >= 0.6 is 0 Å². The van der Waals surface area contributed by atoms with Gasteiger partial charge in [0.05, 0.1) is 0 Å². The number of hydrogen-bond acceptors (Lipinski definition) is 1. The van der Waals surface area contributed by atoms with Crippen LogP contribution in [-0.4, -0.2) is 6.29 Å². The van der Waals surface area contributed by atoms with Crippen LogP contribution in [0.4, 0.5) is 0 Å². The summed E-state index contributed by atoms with van der Waals surface area (Å²) in [4.78, 5) is 10.4. The molecule has 0 saturated heterocycles. The Hall–Kier alpha value is -1.37. The van der Waals surface area contributed by atoms with Gasteiger partial charge in [-0.2, -0.15) is 0 Å². The maximum absolute atomic E-state index is 10.4. The highest BCUT2D eigenvalue weighted by molar-refractivity contribution is 5.80. The SMILES string of the molecule is C=C(C)C=CC(=CC)C(=C)C=O. The predicted molar refractivity (Wildman–Crippen MR) is 52.9 cm³/mol. The highest BCUT2D eigenvalue weighted by atomic mass is 16.1. The second-order valence-corrected chi connectivity index (χ2v) is 2.57. The van der Waals surface area contributed by atoms with Gasteiger partial charge in [0.25, 0.3) is 0 Å². The normalized spacial score (nSPS) is 11.7. The average Bonchev–Trinajstić information content (AvgIpc) is 2.04. The molecule has 0 aliphatic carbocycles. The van der Waals surface area contributed by atoms with Crippen LogP contribution in [0.15, 0.2) is 48.1 Å². The maximum Gasteiger partial charge on any atom is 0.150 e. The van der Waals surface area contributed by atoms with Crippen molar-refractivity contribution < 1.29 is 4.79 Å². The van der Waals surface area contributed by atoms with E-state index >= 15 is 0 Å². The number of rotatable bonds is 4. The predicted octanol–water partition coefficient (Wildman–Crippen LogP) is 2.82. The molecule has 0 saturated carbocycles. The lowest BCUT2D eigenvalue weighted by molar-refractivity contribution is -0.104. The van der Waals surface area contributed by atoms with Crippen LogP contribution in [0, 0.1) is 0 Å². The molecule has 0 aliphatic heterocycles. The van der Waals surface area contributed by atoms with Crippen molar-refractivity contribution >= 4 is 6.29 Å². The van der Waals surface area contributed by atoms with Gasteiger partial charge in [0.1, 0.15) is 6.29 Å². The topological polar surface area (TPSA) is 17.1 Å². The molecule has 0 N–H and O–H groups in total. The summed E-state index contributed by atoms with van der Waals surface area (Å²) in [6.07, 6.45) is 6.28. The Morgan fingerprint density at radius 2 is 1.83 bits per heavy atom.